The van der Waals surface area contributed by atoms with Crippen LogP contribution in [0.3, 0.4) is 0 Å². The maximum absolute atomic E-state index is 13.8. The molecule has 1 aromatic heterocycles. The van der Waals surface area contributed by atoms with Crippen molar-refractivity contribution in [2.24, 2.45) is 5.41 Å². The fourth-order valence-electron chi connectivity index (χ4n) is 8.27. The monoisotopic (exact) mass is 817 g/mol. The van der Waals surface area contributed by atoms with Crippen molar-refractivity contribution in [2.75, 3.05) is 23.7 Å². The number of benzene rings is 3. The molecule has 6 rings (SSSR count). The predicted octanol–water partition coefficient (Wildman–Crippen LogP) is 6.03. The van der Waals surface area contributed by atoms with Gasteiger partial charge in [-0.3, -0.25) is 9.59 Å². The quantitative estimate of drug-likeness (QED) is 0.158. The van der Waals surface area contributed by atoms with E-state index in [1.807, 2.05) is 57.2 Å². The van der Waals surface area contributed by atoms with Crippen LogP contribution in [-0.4, -0.2) is 81.0 Å². The molecule has 2 saturated heterocycles. The number of hydrogen-bond donors (Lipinski definition) is 2. The number of amides is 2. The lowest BCUT2D eigenvalue weighted by Crippen LogP contribution is -2.55. The molecule has 0 saturated carbocycles. The maximum Gasteiger partial charge on any atom is 0.255 e. The van der Waals surface area contributed by atoms with E-state index >= 15 is 0 Å². The lowest BCUT2D eigenvalue weighted by molar-refractivity contribution is -0.123. The molecular formula is C43H51ClFN4O5SSi-. The molecule has 0 aliphatic carbocycles. The van der Waals surface area contributed by atoms with Gasteiger partial charge < -0.3 is 20.2 Å². The highest BCUT2D eigenvalue weighted by molar-refractivity contribution is 7.91. The summed E-state index contributed by atoms with van der Waals surface area (Å²) in [6.07, 6.45) is 0.925. The summed E-state index contributed by atoms with van der Waals surface area (Å²) in [6, 6.07) is 27.3. The van der Waals surface area contributed by atoms with Crippen molar-refractivity contribution in [2.45, 2.75) is 95.0 Å². The van der Waals surface area contributed by atoms with Crippen molar-refractivity contribution in [3.05, 3.63) is 113 Å². The van der Waals surface area contributed by atoms with E-state index in [9.17, 15) is 27.5 Å². The van der Waals surface area contributed by atoms with Crippen LogP contribution in [0.1, 0.15) is 76.4 Å². The number of carbonyl (C=O) groups excluding carboxylic acids is 2. The van der Waals surface area contributed by atoms with Crippen molar-refractivity contribution in [3.8, 4) is 0 Å². The average Bonchev–Trinajstić information content (AvgIpc) is 3.38. The van der Waals surface area contributed by atoms with Gasteiger partial charge in [-0.15, -0.1) is 5.04 Å². The molecule has 4 aromatic rings. The third-order valence-corrected chi connectivity index (χ3v) is 16.3. The number of piperazine rings is 1. The van der Waals surface area contributed by atoms with Crippen molar-refractivity contribution in [1.29, 1.82) is 0 Å². The lowest BCUT2D eigenvalue weighted by Gasteiger charge is -2.49. The Bertz CT molecular complexity index is 2100. The van der Waals surface area contributed by atoms with Crippen LogP contribution < -0.4 is 20.6 Å². The number of halogens is 2. The molecule has 3 heterocycles. The van der Waals surface area contributed by atoms with Crippen LogP contribution in [0, 0.1) is 11.2 Å². The number of aromatic nitrogens is 1. The SMILES string of the molecule is CC(C)(C)CS(=O)(=O)c1cc(CNC(=O)CC(O)CC(C)(C)[Si-](c2ccccc2)c2ccccc2)nc(N2C3CCC2CN(C(=O)c2ccc(F)cc2Cl)C3)c1. The lowest BCUT2D eigenvalue weighted by atomic mass is 10.0. The number of pyridine rings is 1. The summed E-state index contributed by atoms with van der Waals surface area (Å²) >= 11 is 6.24. The van der Waals surface area contributed by atoms with E-state index in [1.54, 1.807) is 11.0 Å². The molecular weight excluding hydrogens is 767 g/mol. The molecule has 9 nitrogen and oxygen atoms in total. The molecule has 3 atom stereocenters. The number of likely N-dealkylation sites (tertiary alicyclic amines) is 1. The summed E-state index contributed by atoms with van der Waals surface area (Å²) in [5.41, 5.74) is 0.109. The number of aliphatic hydroxyl groups excluding tert-OH is 1. The highest BCUT2D eigenvalue weighted by atomic mass is 35.5. The minimum Gasteiger partial charge on any atom is -0.393 e. The first-order chi connectivity index (χ1) is 26.4. The molecule has 3 aromatic carbocycles. The number of nitrogens with one attached hydrogen (secondary N) is 1. The summed E-state index contributed by atoms with van der Waals surface area (Å²) in [6.45, 7) is 10.6. The summed E-state index contributed by atoms with van der Waals surface area (Å²) in [7, 11) is -5.08. The number of nitrogens with zero attached hydrogens (tertiary/aromatic N) is 3. The molecule has 2 N–H and O–H groups in total. The van der Waals surface area contributed by atoms with Gasteiger partial charge in [0, 0.05) is 25.2 Å². The van der Waals surface area contributed by atoms with Crippen LogP contribution in [-0.2, 0) is 21.2 Å². The van der Waals surface area contributed by atoms with Gasteiger partial charge in [-0.1, -0.05) is 107 Å². The molecule has 0 radical (unpaired) electrons. The Morgan fingerprint density at radius 1 is 0.929 bits per heavy atom. The zero-order chi connectivity index (χ0) is 40.4. The van der Waals surface area contributed by atoms with E-state index < -0.39 is 36.0 Å². The highest BCUT2D eigenvalue weighted by Gasteiger charge is 2.43. The minimum atomic E-state index is -3.74. The van der Waals surface area contributed by atoms with Gasteiger partial charge >= 0.3 is 0 Å². The molecule has 2 aliphatic rings. The second-order valence-electron chi connectivity index (χ2n) is 16.9. The highest BCUT2D eigenvalue weighted by Crippen LogP contribution is 2.37. The fraction of sp³-hybridized carbons (Fsp3) is 0.419. The zero-order valence-corrected chi connectivity index (χ0v) is 35.2. The molecule has 56 heavy (non-hydrogen) atoms. The molecule has 0 spiro atoms. The number of sulfone groups is 1. The van der Waals surface area contributed by atoms with Crippen LogP contribution in [0.5, 0.6) is 0 Å². The number of carbonyl (C=O) groups is 2. The van der Waals surface area contributed by atoms with E-state index in [0.29, 0.717) is 31.0 Å². The van der Waals surface area contributed by atoms with E-state index in [0.717, 1.165) is 18.9 Å². The normalized spacial score (nSPS) is 17.8. The summed E-state index contributed by atoms with van der Waals surface area (Å²) in [5.74, 6) is -0.776. The average molecular weight is 819 g/mol. The first-order valence-corrected chi connectivity index (χ1v) is 22.6. The minimum absolute atomic E-state index is 0.0270. The zero-order valence-electron chi connectivity index (χ0n) is 32.6. The Morgan fingerprint density at radius 2 is 1.52 bits per heavy atom. The van der Waals surface area contributed by atoms with Crippen molar-refractivity contribution in [1.82, 2.24) is 15.2 Å². The van der Waals surface area contributed by atoms with Gasteiger partial charge in [-0.05, 0) is 55.0 Å². The maximum atomic E-state index is 13.8. The van der Waals surface area contributed by atoms with E-state index in [1.165, 1.54) is 28.6 Å². The Balaban J connectivity index is 1.18. The van der Waals surface area contributed by atoms with Crippen LogP contribution >= 0.6 is 11.6 Å². The van der Waals surface area contributed by atoms with Gasteiger partial charge in [0.15, 0.2) is 9.84 Å². The van der Waals surface area contributed by atoms with Gasteiger partial charge in [-0.2, -0.15) is 10.4 Å². The number of fused-ring (bicyclic) bond motifs is 2. The molecule has 2 amide bonds. The molecule has 3 unspecified atom stereocenters. The van der Waals surface area contributed by atoms with Crippen molar-refractivity contribution < 1.29 is 27.5 Å². The van der Waals surface area contributed by atoms with E-state index in [4.69, 9.17) is 16.6 Å². The number of hydrogen-bond acceptors (Lipinski definition) is 7. The predicted molar refractivity (Wildman–Crippen MR) is 221 cm³/mol. The van der Waals surface area contributed by atoms with Gasteiger partial charge in [0.25, 0.3) is 5.91 Å². The Labute approximate surface area is 336 Å². The summed E-state index contributed by atoms with van der Waals surface area (Å²) in [4.78, 5) is 35.7. The first kappa shape index (κ1) is 41.5. The number of rotatable bonds is 13. The largest absolute Gasteiger partial charge is 0.393 e. The third-order valence-electron chi connectivity index (χ3n) is 10.5. The van der Waals surface area contributed by atoms with Crippen LogP contribution in [0.2, 0.25) is 10.1 Å². The van der Waals surface area contributed by atoms with Crippen molar-refractivity contribution >= 4 is 58.2 Å². The number of aliphatic hydroxyl groups is 1. The third kappa shape index (κ3) is 9.88. The van der Waals surface area contributed by atoms with Crippen LogP contribution in [0.15, 0.2) is 95.9 Å². The smallest absolute Gasteiger partial charge is 0.255 e. The van der Waals surface area contributed by atoms with E-state index in [2.05, 4.69) is 48.3 Å². The van der Waals surface area contributed by atoms with Crippen LogP contribution in [0.4, 0.5) is 10.2 Å². The number of anilines is 1. The molecule has 298 valence electrons. The topological polar surface area (TPSA) is 120 Å². The second kappa shape index (κ2) is 16.8. The van der Waals surface area contributed by atoms with Crippen LogP contribution in [0.25, 0.3) is 0 Å². The van der Waals surface area contributed by atoms with Crippen molar-refractivity contribution in [3.63, 3.8) is 0 Å². The molecule has 2 bridgehead atoms. The van der Waals surface area contributed by atoms with E-state index in [-0.39, 0.29) is 63.1 Å². The molecule has 13 heteroatoms. The molecule has 2 aliphatic heterocycles. The standard InChI is InChI=1S/C43H51ClFN4O5SSi/c1-42(2,3)28-55(53,54)34-21-30(47-39(23-34)49-31-17-18-32(49)27-48(26-31)41(52)37-19-16-29(45)20-38(37)44)25-46-40(51)22-33(50)24-43(4,5)56(35-12-8-6-9-13-35)36-14-10-7-11-15-36/h6-16,19-21,23,31-33,50H,17-18,22,24-28H2,1-5H3,(H,46,51)/q-1. The Hall–Kier alpha value is -4.10. The second-order valence-corrected chi connectivity index (χ2v) is 22.6. The Kier molecular flexibility index (Phi) is 12.4. The first-order valence-electron chi connectivity index (χ1n) is 19.1. The van der Waals surface area contributed by atoms with Gasteiger partial charge in [-0.25, -0.2) is 26.6 Å². The Morgan fingerprint density at radius 3 is 2.07 bits per heavy atom. The summed E-state index contributed by atoms with van der Waals surface area (Å²) < 4.78 is 41.3. The van der Waals surface area contributed by atoms with Gasteiger partial charge in [0.05, 0.1) is 46.0 Å². The molecule has 2 fully saturated rings. The van der Waals surface area contributed by atoms with Gasteiger partial charge in [0.2, 0.25) is 5.91 Å². The van der Waals surface area contributed by atoms with Gasteiger partial charge in [0.1, 0.15) is 11.6 Å². The fourth-order valence-corrected chi connectivity index (χ4v) is 13.8. The summed E-state index contributed by atoms with van der Waals surface area (Å²) in [5, 5.41) is 16.4.